The number of sulfonamides is 1. The van der Waals surface area contributed by atoms with E-state index in [0.29, 0.717) is 22.5 Å². The third kappa shape index (κ3) is 2.66. The summed E-state index contributed by atoms with van der Waals surface area (Å²) < 4.78 is 28.5. The van der Waals surface area contributed by atoms with Gasteiger partial charge in [0.2, 0.25) is 15.8 Å². The summed E-state index contributed by atoms with van der Waals surface area (Å²) in [6, 6.07) is 5.88. The fourth-order valence-corrected chi connectivity index (χ4v) is 2.92. The number of nitrogens with zero attached hydrogens (tertiary/aromatic N) is 1. The van der Waals surface area contributed by atoms with Crippen LogP contribution in [-0.2, 0) is 19.6 Å². The average molecular weight is 333 g/mol. The van der Waals surface area contributed by atoms with Crippen LogP contribution in [0.4, 0.5) is 0 Å². The van der Waals surface area contributed by atoms with Gasteiger partial charge >= 0.3 is 0 Å². The molecule has 3 N–H and O–H groups in total. The molecule has 0 radical (unpaired) electrons. The second-order valence-corrected chi connectivity index (χ2v) is 7.26. The molecule has 120 valence electrons. The number of benzene rings is 1. The predicted octanol–water partition coefficient (Wildman–Crippen LogP) is 1.30. The van der Waals surface area contributed by atoms with Crippen molar-refractivity contribution in [2.24, 2.45) is 5.14 Å². The van der Waals surface area contributed by atoms with Crippen molar-refractivity contribution in [3.8, 4) is 0 Å². The van der Waals surface area contributed by atoms with Crippen LogP contribution in [0.1, 0.15) is 25.0 Å². The highest BCUT2D eigenvalue weighted by molar-refractivity contribution is 7.89. The van der Waals surface area contributed by atoms with Crippen LogP contribution in [0.25, 0.3) is 11.3 Å². The molecule has 0 saturated carbocycles. The van der Waals surface area contributed by atoms with E-state index >= 15 is 0 Å². The Morgan fingerprint density at radius 1 is 1.17 bits per heavy atom. The molecule has 8 heteroatoms. The Hall–Kier alpha value is -2.45. The number of hydrogen-bond donors (Lipinski definition) is 2. The summed E-state index contributed by atoms with van der Waals surface area (Å²) in [6.45, 7) is 3.36. The number of ketones is 1. The fraction of sp³-hybridized carbons (Fsp3) is 0.200. The number of Topliss-reactive ketones (excluding diaryl/α,β-unsaturated/α-hetero) is 1. The topological polar surface area (TPSA) is 115 Å². The molecule has 1 aliphatic heterocycles. The van der Waals surface area contributed by atoms with Gasteiger partial charge < -0.3 is 4.74 Å². The third-order valence-electron chi connectivity index (χ3n) is 3.59. The lowest BCUT2D eigenvalue weighted by molar-refractivity contribution is -0.125. The number of aromatic amines is 1. The first-order valence-electron chi connectivity index (χ1n) is 6.80. The van der Waals surface area contributed by atoms with Crippen LogP contribution in [0.3, 0.4) is 0 Å². The number of ether oxygens (including phenoxy) is 1. The van der Waals surface area contributed by atoms with Crippen LogP contribution in [0.5, 0.6) is 0 Å². The Bertz CT molecular complexity index is 895. The van der Waals surface area contributed by atoms with E-state index in [1.165, 1.54) is 18.3 Å². The van der Waals surface area contributed by atoms with Gasteiger partial charge in [-0.15, -0.1) is 0 Å². The van der Waals surface area contributed by atoms with Gasteiger partial charge in [-0.05, 0) is 38.1 Å². The minimum absolute atomic E-state index is 0.00436. The highest BCUT2D eigenvalue weighted by Crippen LogP contribution is 2.41. The monoisotopic (exact) mass is 333 g/mol. The third-order valence-corrected chi connectivity index (χ3v) is 4.52. The molecule has 0 spiro atoms. The molecule has 0 atom stereocenters. The van der Waals surface area contributed by atoms with Crippen molar-refractivity contribution in [2.45, 2.75) is 24.3 Å². The van der Waals surface area contributed by atoms with Gasteiger partial charge in [-0.3, -0.25) is 9.89 Å². The van der Waals surface area contributed by atoms with E-state index in [-0.39, 0.29) is 10.7 Å². The summed E-state index contributed by atoms with van der Waals surface area (Å²) in [7, 11) is -3.77. The summed E-state index contributed by atoms with van der Waals surface area (Å²) in [5.41, 5.74) is 0.617. The summed E-state index contributed by atoms with van der Waals surface area (Å²) >= 11 is 0. The number of nitrogens with two attached hydrogens (primary N) is 1. The Morgan fingerprint density at radius 2 is 1.83 bits per heavy atom. The average Bonchev–Trinajstić information content (AvgIpc) is 3.06. The van der Waals surface area contributed by atoms with E-state index in [4.69, 9.17) is 9.88 Å². The first-order chi connectivity index (χ1) is 10.7. The van der Waals surface area contributed by atoms with Crippen molar-refractivity contribution in [3.63, 3.8) is 0 Å². The normalized spacial score (nSPS) is 17.4. The Labute approximate surface area is 133 Å². The van der Waals surface area contributed by atoms with E-state index in [1.54, 1.807) is 32.2 Å². The molecule has 0 bridgehead atoms. The van der Waals surface area contributed by atoms with Gasteiger partial charge in [-0.2, -0.15) is 5.10 Å². The zero-order valence-corrected chi connectivity index (χ0v) is 13.3. The molecule has 0 aliphatic carbocycles. The fourth-order valence-electron chi connectivity index (χ4n) is 2.41. The molecule has 2 heterocycles. The maximum Gasteiger partial charge on any atom is 0.238 e. The van der Waals surface area contributed by atoms with Gasteiger partial charge in [0.25, 0.3) is 0 Å². The number of carbonyl (C=O) groups is 1. The van der Waals surface area contributed by atoms with Crippen LogP contribution in [0.15, 0.2) is 41.6 Å². The molecule has 0 unspecified atom stereocenters. The van der Waals surface area contributed by atoms with E-state index in [9.17, 15) is 13.2 Å². The second kappa shape index (κ2) is 5.04. The van der Waals surface area contributed by atoms with Crippen molar-refractivity contribution in [2.75, 3.05) is 0 Å². The van der Waals surface area contributed by atoms with E-state index < -0.39 is 15.6 Å². The largest absolute Gasteiger partial charge is 0.478 e. The summed E-state index contributed by atoms with van der Waals surface area (Å²) in [5, 5.41) is 11.6. The lowest BCUT2D eigenvalue weighted by Crippen LogP contribution is -2.29. The highest BCUT2D eigenvalue weighted by Gasteiger charge is 2.43. The van der Waals surface area contributed by atoms with Crippen LogP contribution >= 0.6 is 0 Å². The van der Waals surface area contributed by atoms with Crippen LogP contribution in [0, 0.1) is 0 Å². The molecule has 1 aliphatic rings. The molecule has 0 saturated heterocycles. The summed E-state index contributed by atoms with van der Waals surface area (Å²) in [5.74, 6) is 0.229. The zero-order chi connectivity index (χ0) is 16.8. The van der Waals surface area contributed by atoms with Crippen molar-refractivity contribution < 1.29 is 17.9 Å². The van der Waals surface area contributed by atoms with Crippen molar-refractivity contribution in [1.29, 1.82) is 0 Å². The van der Waals surface area contributed by atoms with Gasteiger partial charge in [0.1, 0.15) is 5.76 Å². The van der Waals surface area contributed by atoms with Gasteiger partial charge in [0, 0.05) is 17.3 Å². The van der Waals surface area contributed by atoms with Gasteiger partial charge in [-0.1, -0.05) is 0 Å². The van der Waals surface area contributed by atoms with Gasteiger partial charge in [0.15, 0.2) is 5.60 Å². The van der Waals surface area contributed by atoms with E-state index in [2.05, 4.69) is 10.2 Å². The molecular formula is C15H15N3O4S. The molecule has 3 rings (SSSR count). The first kappa shape index (κ1) is 15.4. The molecule has 23 heavy (non-hydrogen) atoms. The highest BCUT2D eigenvalue weighted by atomic mass is 32.2. The zero-order valence-electron chi connectivity index (χ0n) is 12.5. The smallest absolute Gasteiger partial charge is 0.238 e. The Balaban J connectivity index is 2.13. The number of rotatable bonds is 3. The molecule has 1 aromatic heterocycles. The minimum Gasteiger partial charge on any atom is -0.478 e. The predicted molar refractivity (Wildman–Crippen MR) is 83.4 cm³/mol. The van der Waals surface area contributed by atoms with E-state index in [0.717, 1.165) is 0 Å². The number of H-pyrrole nitrogens is 1. The van der Waals surface area contributed by atoms with Gasteiger partial charge in [0.05, 0.1) is 16.7 Å². The number of aromatic nitrogens is 2. The first-order valence-corrected chi connectivity index (χ1v) is 8.35. The number of primary sulfonamides is 1. The molecule has 2 aromatic rings. The number of carbonyl (C=O) groups excluding carboxylic acids is 1. The quantitative estimate of drug-likeness (QED) is 0.878. The van der Waals surface area contributed by atoms with Crippen LogP contribution in [0.2, 0.25) is 0 Å². The minimum atomic E-state index is -3.77. The molecule has 7 nitrogen and oxygen atoms in total. The lowest BCUT2D eigenvalue weighted by atomic mass is 9.94. The lowest BCUT2D eigenvalue weighted by Gasteiger charge is -2.17. The van der Waals surface area contributed by atoms with E-state index in [1.807, 2.05) is 0 Å². The number of nitrogens with one attached hydrogen (secondary N) is 1. The molecule has 0 amide bonds. The van der Waals surface area contributed by atoms with Crippen molar-refractivity contribution >= 4 is 27.1 Å². The number of hydrogen-bond acceptors (Lipinski definition) is 5. The summed E-state index contributed by atoms with van der Waals surface area (Å²) in [4.78, 5) is 12.6. The molecule has 0 fully saturated rings. The van der Waals surface area contributed by atoms with Crippen molar-refractivity contribution in [3.05, 3.63) is 47.8 Å². The van der Waals surface area contributed by atoms with Crippen LogP contribution in [-0.4, -0.2) is 30.0 Å². The standard InChI is InChI=1S/C15H15N3O4S/c1-15(2)14(19)12(10-7-17-18-8-10)13(22-15)9-3-5-11(6-4-9)23(16,20)21/h3-8H,1-2H3,(H,17,18)(H2,16,20,21). The van der Waals surface area contributed by atoms with Crippen molar-refractivity contribution in [1.82, 2.24) is 10.2 Å². The maximum atomic E-state index is 12.6. The Morgan fingerprint density at radius 3 is 2.35 bits per heavy atom. The molecule has 1 aromatic carbocycles. The van der Waals surface area contributed by atoms with Gasteiger partial charge in [-0.25, -0.2) is 13.6 Å². The second-order valence-electron chi connectivity index (χ2n) is 5.70. The molecular weight excluding hydrogens is 318 g/mol. The SMILES string of the molecule is CC1(C)OC(c2ccc(S(N)(=O)=O)cc2)=C(c2cn[nH]c2)C1=O. The maximum absolute atomic E-state index is 12.6. The van der Waals surface area contributed by atoms with Crippen LogP contribution < -0.4 is 5.14 Å². The summed E-state index contributed by atoms with van der Waals surface area (Å²) in [6.07, 6.45) is 3.15. The Kier molecular flexibility index (Phi) is 3.38.